The van der Waals surface area contributed by atoms with E-state index in [9.17, 15) is 9.59 Å². The number of hydrogen-bond acceptors (Lipinski definition) is 3. The van der Waals surface area contributed by atoms with Gasteiger partial charge in [-0.1, -0.05) is 0 Å². The summed E-state index contributed by atoms with van der Waals surface area (Å²) in [5.74, 6) is 0. The van der Waals surface area contributed by atoms with Crippen molar-refractivity contribution in [3.05, 3.63) is 0 Å². The maximum absolute atomic E-state index is 11.1. The molecule has 1 aliphatic rings. The van der Waals surface area contributed by atoms with Crippen LogP contribution in [-0.2, 0) is 4.74 Å². The van der Waals surface area contributed by atoms with Crippen molar-refractivity contribution in [2.24, 2.45) is 0 Å². The highest BCUT2D eigenvalue weighted by Gasteiger charge is 2.19. The molecule has 0 radical (unpaired) electrons. The fourth-order valence-corrected chi connectivity index (χ4v) is 1.01. The molecule has 0 atom stereocenters. The number of carbonyl (C=O) groups excluding carboxylic acids is 2. The molecule has 0 aromatic carbocycles. The van der Waals surface area contributed by atoms with Gasteiger partial charge in [0, 0.05) is 13.1 Å². The zero-order chi connectivity index (χ0) is 9.68. The molecule has 1 aliphatic heterocycles. The van der Waals surface area contributed by atoms with Gasteiger partial charge < -0.3 is 10.1 Å². The fourth-order valence-electron chi connectivity index (χ4n) is 1.01. The quantitative estimate of drug-likeness (QED) is 0.642. The monoisotopic (exact) mass is 187 g/mol. The standard InChI is InChI=1S/C7H13N3O3/c1-2-13-7(12)9-10-5-3-4-8-6(10)11/h2-5H2,1H3,(H,8,11)(H,9,12). The van der Waals surface area contributed by atoms with Gasteiger partial charge >= 0.3 is 12.1 Å². The van der Waals surface area contributed by atoms with Gasteiger partial charge in [-0.15, -0.1) is 0 Å². The maximum atomic E-state index is 11.1. The minimum Gasteiger partial charge on any atom is -0.449 e. The number of rotatable bonds is 2. The Morgan fingerprint density at radius 3 is 3.15 bits per heavy atom. The second-order valence-electron chi connectivity index (χ2n) is 2.57. The van der Waals surface area contributed by atoms with Crippen molar-refractivity contribution in [1.82, 2.24) is 15.8 Å². The Balaban J connectivity index is 2.33. The highest BCUT2D eigenvalue weighted by Crippen LogP contribution is 1.95. The van der Waals surface area contributed by atoms with Crippen LogP contribution in [0.15, 0.2) is 0 Å². The van der Waals surface area contributed by atoms with E-state index >= 15 is 0 Å². The third kappa shape index (κ3) is 2.81. The summed E-state index contributed by atoms with van der Waals surface area (Å²) in [6.45, 7) is 3.17. The van der Waals surface area contributed by atoms with Gasteiger partial charge in [0.05, 0.1) is 6.61 Å². The lowest BCUT2D eigenvalue weighted by molar-refractivity contribution is 0.110. The summed E-state index contributed by atoms with van der Waals surface area (Å²) in [7, 11) is 0. The van der Waals surface area contributed by atoms with Gasteiger partial charge in [-0.25, -0.2) is 20.0 Å². The minimum atomic E-state index is -0.598. The lowest BCUT2D eigenvalue weighted by atomic mass is 10.4. The molecule has 0 saturated carbocycles. The molecule has 0 bridgehead atoms. The van der Waals surface area contributed by atoms with Crippen molar-refractivity contribution in [1.29, 1.82) is 0 Å². The lowest BCUT2D eigenvalue weighted by Crippen LogP contribution is -2.54. The predicted molar refractivity (Wildman–Crippen MR) is 44.9 cm³/mol. The van der Waals surface area contributed by atoms with Crippen LogP contribution in [0.4, 0.5) is 9.59 Å². The van der Waals surface area contributed by atoms with Crippen LogP contribution in [0.5, 0.6) is 0 Å². The maximum Gasteiger partial charge on any atom is 0.426 e. The number of nitrogens with one attached hydrogen (secondary N) is 2. The van der Waals surface area contributed by atoms with Crippen LogP contribution in [0, 0.1) is 0 Å². The lowest BCUT2D eigenvalue weighted by Gasteiger charge is -2.26. The molecule has 0 aromatic rings. The summed E-state index contributed by atoms with van der Waals surface area (Å²) < 4.78 is 4.62. The normalized spacial score (nSPS) is 16.4. The average Bonchev–Trinajstić information content (AvgIpc) is 2.09. The first-order valence-electron chi connectivity index (χ1n) is 4.23. The molecule has 1 saturated heterocycles. The van der Waals surface area contributed by atoms with Crippen LogP contribution in [-0.4, -0.2) is 36.8 Å². The molecule has 74 valence electrons. The molecule has 0 aliphatic carbocycles. The number of carbonyl (C=O) groups is 2. The van der Waals surface area contributed by atoms with Crippen LogP contribution in [0.1, 0.15) is 13.3 Å². The van der Waals surface area contributed by atoms with E-state index in [1.165, 1.54) is 5.01 Å². The summed E-state index contributed by atoms with van der Waals surface area (Å²) >= 11 is 0. The number of hydrazine groups is 1. The smallest absolute Gasteiger partial charge is 0.426 e. The largest absolute Gasteiger partial charge is 0.449 e. The minimum absolute atomic E-state index is 0.292. The van der Waals surface area contributed by atoms with E-state index in [2.05, 4.69) is 15.5 Å². The molecule has 6 heteroatoms. The number of urea groups is 1. The number of hydrogen-bond donors (Lipinski definition) is 2. The zero-order valence-electron chi connectivity index (χ0n) is 7.50. The first-order chi connectivity index (χ1) is 6.24. The van der Waals surface area contributed by atoms with Crippen molar-refractivity contribution in [2.75, 3.05) is 19.7 Å². The summed E-state index contributed by atoms with van der Waals surface area (Å²) in [6.07, 6.45) is 0.220. The number of amides is 3. The molecule has 0 aromatic heterocycles. The molecule has 3 amide bonds. The third-order valence-electron chi connectivity index (χ3n) is 1.58. The van der Waals surface area contributed by atoms with E-state index < -0.39 is 6.09 Å². The number of ether oxygens (including phenoxy) is 1. The van der Waals surface area contributed by atoms with Crippen LogP contribution in [0.2, 0.25) is 0 Å². The van der Waals surface area contributed by atoms with Crippen molar-refractivity contribution in [3.63, 3.8) is 0 Å². The Kier molecular flexibility index (Phi) is 3.36. The first-order valence-corrected chi connectivity index (χ1v) is 4.23. The van der Waals surface area contributed by atoms with E-state index in [1.807, 2.05) is 0 Å². The van der Waals surface area contributed by atoms with E-state index in [-0.39, 0.29) is 6.03 Å². The van der Waals surface area contributed by atoms with E-state index in [0.29, 0.717) is 19.7 Å². The zero-order valence-corrected chi connectivity index (χ0v) is 7.50. The Morgan fingerprint density at radius 1 is 1.77 bits per heavy atom. The molecule has 13 heavy (non-hydrogen) atoms. The van der Waals surface area contributed by atoms with Crippen molar-refractivity contribution < 1.29 is 14.3 Å². The molecule has 6 nitrogen and oxygen atoms in total. The van der Waals surface area contributed by atoms with Gasteiger partial charge in [0.25, 0.3) is 0 Å². The molecule has 1 rings (SSSR count). The van der Waals surface area contributed by atoms with Crippen LogP contribution in [0.25, 0.3) is 0 Å². The highest BCUT2D eigenvalue weighted by molar-refractivity contribution is 5.78. The molecular weight excluding hydrogens is 174 g/mol. The van der Waals surface area contributed by atoms with Crippen LogP contribution < -0.4 is 10.7 Å². The van der Waals surface area contributed by atoms with Gasteiger partial charge in [-0.2, -0.15) is 0 Å². The Morgan fingerprint density at radius 2 is 2.54 bits per heavy atom. The van der Waals surface area contributed by atoms with Crippen molar-refractivity contribution >= 4 is 12.1 Å². The van der Waals surface area contributed by atoms with Gasteiger partial charge in [0.2, 0.25) is 0 Å². The summed E-state index contributed by atoms with van der Waals surface area (Å²) in [6, 6.07) is -0.292. The SMILES string of the molecule is CCOC(=O)NN1CCCNC1=O. The van der Waals surface area contributed by atoms with E-state index in [0.717, 1.165) is 6.42 Å². The van der Waals surface area contributed by atoms with E-state index in [1.54, 1.807) is 6.92 Å². The fraction of sp³-hybridized carbons (Fsp3) is 0.714. The molecular formula is C7H13N3O3. The summed E-state index contributed by atoms with van der Waals surface area (Å²) in [5.41, 5.74) is 2.33. The number of nitrogens with zero attached hydrogens (tertiary/aromatic N) is 1. The summed E-state index contributed by atoms with van der Waals surface area (Å²) in [4.78, 5) is 22.0. The molecule has 2 N–H and O–H groups in total. The van der Waals surface area contributed by atoms with Gasteiger partial charge in [0.1, 0.15) is 0 Å². The second-order valence-corrected chi connectivity index (χ2v) is 2.57. The van der Waals surface area contributed by atoms with Gasteiger partial charge in [0.15, 0.2) is 0 Å². The Hall–Kier alpha value is -1.46. The second kappa shape index (κ2) is 4.54. The average molecular weight is 187 g/mol. The molecule has 0 spiro atoms. The summed E-state index contributed by atoms with van der Waals surface area (Å²) in [5, 5.41) is 3.81. The van der Waals surface area contributed by atoms with Crippen molar-refractivity contribution in [3.8, 4) is 0 Å². The first kappa shape index (κ1) is 9.63. The van der Waals surface area contributed by atoms with Crippen LogP contribution >= 0.6 is 0 Å². The van der Waals surface area contributed by atoms with Gasteiger partial charge in [-0.05, 0) is 13.3 Å². The molecule has 0 unspecified atom stereocenters. The van der Waals surface area contributed by atoms with E-state index in [4.69, 9.17) is 0 Å². The van der Waals surface area contributed by atoms with Crippen molar-refractivity contribution in [2.45, 2.75) is 13.3 Å². The highest BCUT2D eigenvalue weighted by atomic mass is 16.6. The molecule has 1 heterocycles. The Bertz CT molecular complexity index is 207. The predicted octanol–water partition coefficient (Wildman–Crippen LogP) is 0.0628. The van der Waals surface area contributed by atoms with Gasteiger partial charge in [-0.3, -0.25) is 0 Å². The van der Waals surface area contributed by atoms with Crippen LogP contribution in [0.3, 0.4) is 0 Å². The third-order valence-corrected chi connectivity index (χ3v) is 1.58. The molecule has 1 fully saturated rings. The topological polar surface area (TPSA) is 70.7 Å². The Labute approximate surface area is 76.2 Å².